The van der Waals surface area contributed by atoms with Crippen LogP contribution in [0.25, 0.3) is 0 Å². The van der Waals surface area contributed by atoms with Gasteiger partial charge in [0.2, 0.25) is 0 Å². The predicted octanol–water partition coefficient (Wildman–Crippen LogP) is 9.89. The van der Waals surface area contributed by atoms with Crippen LogP contribution in [0.5, 0.6) is 0 Å². The van der Waals surface area contributed by atoms with Crippen LogP contribution in [-0.4, -0.2) is 130 Å². The molecule has 0 aromatic rings. The van der Waals surface area contributed by atoms with Gasteiger partial charge in [-0.1, -0.05) is 6.08 Å². The summed E-state index contributed by atoms with van der Waals surface area (Å²) in [5.41, 5.74) is 0. The van der Waals surface area contributed by atoms with E-state index in [-0.39, 0.29) is 0 Å². The van der Waals surface area contributed by atoms with E-state index in [1.54, 1.807) is 0 Å². The summed E-state index contributed by atoms with van der Waals surface area (Å²) in [6.45, 7) is 3.79. The molecule has 0 radical (unpaired) electrons. The van der Waals surface area contributed by atoms with Crippen LogP contribution in [0.3, 0.4) is 0 Å². The van der Waals surface area contributed by atoms with Gasteiger partial charge in [0.15, 0.2) is 12.3 Å². The summed E-state index contributed by atoms with van der Waals surface area (Å²) in [5, 5.41) is -14.5. The highest BCUT2D eigenvalue weighted by molar-refractivity contribution is 6.43. The first-order valence-corrected chi connectivity index (χ1v) is 20.4. The minimum Gasteiger partial charge on any atom is -0.368 e. The van der Waals surface area contributed by atoms with E-state index in [4.69, 9.17) is 188 Å². The van der Waals surface area contributed by atoms with Crippen LogP contribution in [0.1, 0.15) is 0 Å². The molecule has 16 atom stereocenters. The van der Waals surface area contributed by atoms with E-state index in [9.17, 15) is 0 Å². The van der Waals surface area contributed by atoms with Crippen LogP contribution in [0.4, 0.5) is 8.78 Å². The molecule has 0 amide bonds. The number of hydrogen-bond acceptors (Lipinski definition) is 3. The fourth-order valence-corrected chi connectivity index (χ4v) is 12.0. The number of halogens is 17. The van der Waals surface area contributed by atoms with Gasteiger partial charge >= 0.3 is 0 Å². The largest absolute Gasteiger partial charge is 0.368 e. The van der Waals surface area contributed by atoms with Crippen LogP contribution < -0.4 is 0 Å². The average molecular weight is 957 g/mol. The van der Waals surface area contributed by atoms with E-state index < -0.39 is 136 Å². The molecule has 0 N–H and O–H groups in total. The molecule has 0 heterocycles. The van der Waals surface area contributed by atoms with Crippen molar-refractivity contribution < 1.29 is 23.0 Å². The monoisotopic (exact) mass is 950 g/mol. The maximum absolute atomic E-state index is 16.8. The van der Waals surface area contributed by atoms with Crippen molar-refractivity contribution in [2.24, 2.45) is 5.92 Å². The van der Waals surface area contributed by atoms with Crippen molar-refractivity contribution in [3.63, 3.8) is 0 Å². The molecule has 46 heavy (non-hydrogen) atoms. The molecule has 4 aliphatic carbocycles. The molecule has 4 saturated carbocycles. The van der Waals surface area contributed by atoms with Crippen molar-refractivity contribution >= 4 is 174 Å². The lowest BCUT2D eigenvalue weighted by atomic mass is 9.78. The zero-order valence-electron chi connectivity index (χ0n) is 22.8. The second kappa shape index (κ2) is 17.5. The van der Waals surface area contributed by atoms with Gasteiger partial charge in [-0.25, -0.2) is 8.78 Å². The molecule has 3 nitrogen and oxygen atoms in total. The fraction of sp³-hybridized carbons (Fsp3) is 0.923. The molecule has 20 heteroatoms. The van der Waals surface area contributed by atoms with Crippen molar-refractivity contribution in [2.45, 2.75) is 130 Å². The van der Waals surface area contributed by atoms with E-state index in [2.05, 4.69) is 6.58 Å². The zero-order valence-corrected chi connectivity index (χ0v) is 34.1. The highest BCUT2D eigenvalue weighted by Crippen LogP contribution is 2.47. The van der Waals surface area contributed by atoms with Crippen molar-refractivity contribution in [1.29, 1.82) is 0 Å². The predicted molar refractivity (Wildman–Crippen MR) is 194 cm³/mol. The van der Waals surface area contributed by atoms with Crippen LogP contribution >= 0.6 is 174 Å². The van der Waals surface area contributed by atoms with E-state index in [0.717, 1.165) is 0 Å². The average Bonchev–Trinajstić information content (AvgIpc) is 3.04. The van der Waals surface area contributed by atoms with E-state index in [0.29, 0.717) is 0 Å². The summed E-state index contributed by atoms with van der Waals surface area (Å²) >= 11 is 97.0. The minimum absolute atomic E-state index is 0.839. The summed E-state index contributed by atoms with van der Waals surface area (Å²) in [6, 6.07) is 0. The fourth-order valence-electron chi connectivity index (χ4n) is 6.10. The van der Waals surface area contributed by atoms with Gasteiger partial charge in [0.25, 0.3) is 0 Å². The number of ether oxygens (including phenoxy) is 3. The van der Waals surface area contributed by atoms with Crippen LogP contribution in [0.15, 0.2) is 12.7 Å². The highest BCUT2D eigenvalue weighted by atomic mass is 35.5. The first kappa shape index (κ1) is 42.6. The van der Waals surface area contributed by atoms with Gasteiger partial charge in [-0.05, 0) is 0 Å². The molecule has 0 saturated heterocycles. The molecule has 4 aliphatic rings. The second-order valence-electron chi connectivity index (χ2n) is 11.6. The molecule has 4 rings (SSSR count). The van der Waals surface area contributed by atoms with Gasteiger partial charge in [0, 0.05) is 5.92 Å². The molecule has 0 aromatic heterocycles. The molecule has 0 spiro atoms. The van der Waals surface area contributed by atoms with Crippen LogP contribution in [-0.2, 0) is 14.2 Å². The summed E-state index contributed by atoms with van der Waals surface area (Å²) in [5.74, 6) is -1.23. The Bertz CT molecular complexity index is 943. The van der Waals surface area contributed by atoms with Gasteiger partial charge < -0.3 is 14.2 Å². The first-order valence-electron chi connectivity index (χ1n) is 13.9. The van der Waals surface area contributed by atoms with E-state index >= 15 is 8.78 Å². The van der Waals surface area contributed by atoms with Gasteiger partial charge in [-0.2, -0.15) is 0 Å². The van der Waals surface area contributed by atoms with Crippen molar-refractivity contribution in [3.8, 4) is 0 Å². The lowest BCUT2D eigenvalue weighted by Crippen LogP contribution is -2.67. The van der Waals surface area contributed by atoms with E-state index in [1.165, 1.54) is 6.08 Å². The smallest absolute Gasteiger partial charge is 0.156 e. The first-order chi connectivity index (χ1) is 21.4. The minimum atomic E-state index is -2.23. The molecular formula is C26H27Cl15F2O3. The van der Waals surface area contributed by atoms with Crippen molar-refractivity contribution in [3.05, 3.63) is 12.7 Å². The molecule has 4 fully saturated rings. The molecule has 0 aliphatic heterocycles. The Hall–Kier alpha value is 3.83. The Labute approximate surface area is 341 Å². The summed E-state index contributed by atoms with van der Waals surface area (Å²) in [7, 11) is 0. The summed E-state index contributed by atoms with van der Waals surface area (Å²) in [4.78, 5) is 0. The Kier molecular flexibility index (Phi) is 16.2. The molecule has 16 unspecified atom stereocenters. The third-order valence-corrected chi connectivity index (χ3v) is 18.3. The summed E-state index contributed by atoms with van der Waals surface area (Å²) in [6.07, 6.45) is -11.9. The Morgan fingerprint density at radius 3 is 0.739 bits per heavy atom. The van der Waals surface area contributed by atoms with Crippen molar-refractivity contribution in [2.75, 3.05) is 0 Å². The molecule has 0 bridgehead atoms. The number of alkyl halides is 17. The lowest BCUT2D eigenvalue weighted by Gasteiger charge is -2.51. The van der Waals surface area contributed by atoms with Gasteiger partial charge in [0.05, 0.1) is 99.0 Å². The van der Waals surface area contributed by atoms with Crippen LogP contribution in [0, 0.1) is 5.92 Å². The lowest BCUT2D eigenvalue weighted by molar-refractivity contribution is -0.228. The maximum Gasteiger partial charge on any atom is 0.156 e. The summed E-state index contributed by atoms with van der Waals surface area (Å²) < 4.78 is 52.0. The normalized spacial score (nSPS) is 58.5. The Balaban J connectivity index is 1.73. The third-order valence-electron chi connectivity index (χ3n) is 8.76. The SMILES string of the molecule is C=CC1C(OC2C(Cl)C(Cl)C(Cl)C(Cl)C2Cl)C(F)C(OC2C(Cl)C(Cl)C(Cl)C(Cl)C2Cl)C(F)C1OC1C(Cl)C(Cl)C(Cl)C(Cl)C1Cl. The maximum atomic E-state index is 16.8. The van der Waals surface area contributed by atoms with Gasteiger partial charge in [-0.3, -0.25) is 0 Å². The Morgan fingerprint density at radius 2 is 0.522 bits per heavy atom. The highest BCUT2D eigenvalue weighted by Gasteiger charge is 2.60. The van der Waals surface area contributed by atoms with Crippen molar-refractivity contribution in [1.82, 2.24) is 0 Å². The van der Waals surface area contributed by atoms with E-state index in [1.807, 2.05) is 0 Å². The Morgan fingerprint density at radius 1 is 0.326 bits per heavy atom. The van der Waals surface area contributed by atoms with Gasteiger partial charge in [-0.15, -0.1) is 181 Å². The molecule has 0 aromatic carbocycles. The number of rotatable bonds is 7. The second-order valence-corrected chi connectivity index (χ2v) is 19.1. The zero-order chi connectivity index (χ0) is 34.7. The quantitative estimate of drug-likeness (QED) is 0.188. The van der Waals surface area contributed by atoms with Crippen LogP contribution in [0.2, 0.25) is 0 Å². The third kappa shape index (κ3) is 8.10. The number of hydrogen-bond donors (Lipinski definition) is 0. The molecule has 268 valence electrons. The topological polar surface area (TPSA) is 27.7 Å². The molecular weight excluding hydrogens is 930 g/mol. The van der Waals surface area contributed by atoms with Gasteiger partial charge in [0.1, 0.15) is 18.3 Å². The standard InChI is InChI=1S/C26H27Cl15F2O3/c1-2-3-21(44-23-13(36)7(30)4(27)8(31)14(23)37)19(42)26(46-25-17(40)11(34)6(29)12(35)18(25)41)20(43)22(3)45-24-15(38)9(32)5(28)10(33)16(24)39/h2-26H,1H2.